The molecular formula is C23H20ClF3N2O3. The summed E-state index contributed by atoms with van der Waals surface area (Å²) in [6.45, 7) is 0. The number of phenols is 1. The summed E-state index contributed by atoms with van der Waals surface area (Å²) in [7, 11) is 0. The van der Waals surface area contributed by atoms with Crippen LogP contribution >= 0.6 is 11.6 Å². The number of fused-ring (bicyclic) bond motifs is 3. The lowest BCUT2D eigenvalue weighted by atomic mass is 9.53. The van der Waals surface area contributed by atoms with Crippen LogP contribution in [0.15, 0.2) is 47.3 Å². The minimum Gasteiger partial charge on any atom is -0.506 e. The Hall–Kier alpha value is -2.71. The minimum atomic E-state index is -4.93. The van der Waals surface area contributed by atoms with Crippen LogP contribution in [0.25, 0.3) is 10.9 Å². The van der Waals surface area contributed by atoms with Crippen molar-refractivity contribution >= 4 is 28.2 Å². The van der Waals surface area contributed by atoms with Crippen molar-refractivity contribution in [2.45, 2.75) is 48.9 Å². The van der Waals surface area contributed by atoms with Crippen LogP contribution in [0.4, 0.5) is 18.9 Å². The van der Waals surface area contributed by atoms with Crippen molar-refractivity contribution in [1.29, 1.82) is 0 Å². The van der Waals surface area contributed by atoms with Gasteiger partial charge in [-0.25, -0.2) is 0 Å². The Morgan fingerprint density at radius 1 is 1.12 bits per heavy atom. The standard InChI is InChI=1S/C23H20ClF3N2O3/c24-14-7-5-13-18(19(14)31)21(9-2-10-21)11-22(32,23(25,26)27)20(13)29-16-4-1-3-15-12(16)6-8-17(30)28-15/h1,3-8,20,29,31-32H,2,9-11H2,(H,28,30). The smallest absolute Gasteiger partial charge is 0.419 e. The van der Waals surface area contributed by atoms with E-state index in [1.165, 1.54) is 24.3 Å². The normalized spacial score (nSPS) is 24.2. The maximum Gasteiger partial charge on any atom is 0.419 e. The third-order valence-electron chi connectivity index (χ3n) is 6.95. The molecule has 2 aromatic carbocycles. The second-order valence-corrected chi connectivity index (χ2v) is 9.17. The van der Waals surface area contributed by atoms with Gasteiger partial charge in [0.2, 0.25) is 5.56 Å². The summed E-state index contributed by atoms with van der Waals surface area (Å²) in [5.74, 6) is -0.234. The summed E-state index contributed by atoms with van der Waals surface area (Å²) in [6, 6.07) is 8.82. The Morgan fingerprint density at radius 2 is 1.88 bits per heavy atom. The van der Waals surface area contributed by atoms with Crippen LogP contribution in [0.5, 0.6) is 5.75 Å². The Balaban J connectivity index is 1.73. The number of rotatable bonds is 2. The molecule has 2 unspecified atom stereocenters. The van der Waals surface area contributed by atoms with E-state index in [1.807, 2.05) is 0 Å². The Morgan fingerprint density at radius 3 is 2.53 bits per heavy atom. The zero-order valence-corrected chi connectivity index (χ0v) is 17.5. The van der Waals surface area contributed by atoms with Gasteiger partial charge in [0.25, 0.3) is 0 Å². The number of H-pyrrole nitrogens is 1. The van der Waals surface area contributed by atoms with Crippen LogP contribution in [0, 0.1) is 0 Å². The van der Waals surface area contributed by atoms with Crippen molar-refractivity contribution in [2.75, 3.05) is 5.32 Å². The molecule has 3 aromatic rings. The molecule has 1 aromatic heterocycles. The fraction of sp³-hybridized carbons (Fsp3) is 0.348. The first kappa shape index (κ1) is 21.2. The van der Waals surface area contributed by atoms with Crippen molar-refractivity contribution in [2.24, 2.45) is 0 Å². The summed E-state index contributed by atoms with van der Waals surface area (Å²) >= 11 is 6.13. The van der Waals surface area contributed by atoms with Gasteiger partial charge in [-0.3, -0.25) is 4.79 Å². The van der Waals surface area contributed by atoms with Crippen molar-refractivity contribution in [3.63, 3.8) is 0 Å². The monoisotopic (exact) mass is 464 g/mol. The summed E-state index contributed by atoms with van der Waals surface area (Å²) in [6.07, 6.45) is -3.96. The molecule has 2 atom stereocenters. The number of phenolic OH excluding ortho intramolecular Hbond substituents is 1. The van der Waals surface area contributed by atoms with E-state index in [0.29, 0.717) is 41.4 Å². The molecule has 5 nitrogen and oxygen atoms in total. The molecule has 5 rings (SSSR count). The zero-order valence-electron chi connectivity index (χ0n) is 16.8. The van der Waals surface area contributed by atoms with Crippen molar-refractivity contribution in [1.82, 2.24) is 4.98 Å². The summed E-state index contributed by atoms with van der Waals surface area (Å²) in [4.78, 5) is 14.3. The van der Waals surface area contributed by atoms with Gasteiger partial charge in [-0.15, -0.1) is 0 Å². The number of alkyl halides is 3. The highest BCUT2D eigenvalue weighted by Crippen LogP contribution is 2.63. The molecule has 2 aliphatic rings. The molecule has 0 saturated heterocycles. The van der Waals surface area contributed by atoms with Gasteiger partial charge >= 0.3 is 6.18 Å². The van der Waals surface area contributed by atoms with E-state index in [9.17, 15) is 28.2 Å². The first-order valence-corrected chi connectivity index (χ1v) is 10.6. The maximum absolute atomic E-state index is 14.4. The molecule has 1 fully saturated rings. The van der Waals surface area contributed by atoms with Crippen LogP contribution in [-0.2, 0) is 5.41 Å². The number of hydrogen-bond donors (Lipinski definition) is 4. The van der Waals surface area contributed by atoms with Crippen molar-refractivity contribution < 1.29 is 23.4 Å². The average Bonchev–Trinajstić information content (AvgIpc) is 2.70. The third kappa shape index (κ3) is 2.93. The van der Waals surface area contributed by atoms with Crippen molar-refractivity contribution in [3.05, 3.63) is 69.0 Å². The number of pyridine rings is 1. The highest BCUT2D eigenvalue weighted by molar-refractivity contribution is 6.32. The average molecular weight is 465 g/mol. The van der Waals surface area contributed by atoms with Crippen LogP contribution in [0.1, 0.15) is 42.9 Å². The van der Waals surface area contributed by atoms with Crippen molar-refractivity contribution in [3.8, 4) is 5.75 Å². The van der Waals surface area contributed by atoms with E-state index < -0.39 is 29.7 Å². The lowest BCUT2D eigenvalue weighted by molar-refractivity contribution is -0.279. The van der Waals surface area contributed by atoms with Crippen LogP contribution in [-0.4, -0.2) is 27.0 Å². The van der Waals surface area contributed by atoms with E-state index in [-0.39, 0.29) is 21.9 Å². The second-order valence-electron chi connectivity index (χ2n) is 8.76. The number of anilines is 1. The first-order valence-electron chi connectivity index (χ1n) is 10.3. The molecule has 1 heterocycles. The molecule has 2 aliphatic carbocycles. The van der Waals surface area contributed by atoms with Gasteiger partial charge in [0.15, 0.2) is 5.60 Å². The zero-order chi connectivity index (χ0) is 22.9. The number of hydrogen-bond acceptors (Lipinski definition) is 4. The SMILES string of the molecule is O=c1ccc2c(NC3c4ccc(Cl)c(O)c4C4(CCC4)CC3(O)C(F)(F)F)cccc2[nH]1. The van der Waals surface area contributed by atoms with E-state index in [2.05, 4.69) is 10.3 Å². The third-order valence-corrected chi connectivity index (χ3v) is 7.26. The number of aromatic amines is 1. The van der Waals surface area contributed by atoms with Crippen LogP contribution in [0.3, 0.4) is 0 Å². The number of benzene rings is 2. The minimum absolute atomic E-state index is 0.0639. The van der Waals surface area contributed by atoms with Gasteiger partial charge in [-0.2, -0.15) is 13.2 Å². The highest BCUT2D eigenvalue weighted by Gasteiger charge is 2.66. The lowest BCUT2D eigenvalue weighted by Gasteiger charge is -2.55. The van der Waals surface area contributed by atoms with E-state index in [4.69, 9.17) is 11.6 Å². The topological polar surface area (TPSA) is 85.3 Å². The predicted octanol–water partition coefficient (Wildman–Crippen LogP) is 5.16. The Bertz CT molecular complexity index is 1290. The maximum atomic E-state index is 14.4. The number of halogens is 4. The molecule has 4 N–H and O–H groups in total. The van der Waals surface area contributed by atoms with Gasteiger partial charge in [-0.1, -0.05) is 30.2 Å². The molecule has 32 heavy (non-hydrogen) atoms. The number of aliphatic hydroxyl groups is 1. The van der Waals surface area contributed by atoms with Gasteiger partial charge in [0, 0.05) is 28.1 Å². The predicted molar refractivity (Wildman–Crippen MR) is 115 cm³/mol. The van der Waals surface area contributed by atoms with Gasteiger partial charge in [0.1, 0.15) is 5.75 Å². The molecule has 0 bridgehead atoms. The summed E-state index contributed by atoms with van der Waals surface area (Å²) in [5.41, 5.74) is -3.10. The van der Waals surface area contributed by atoms with E-state index >= 15 is 0 Å². The largest absolute Gasteiger partial charge is 0.506 e. The number of aromatic nitrogens is 1. The number of nitrogens with one attached hydrogen (secondary N) is 2. The molecule has 0 aliphatic heterocycles. The van der Waals surface area contributed by atoms with Crippen LogP contribution < -0.4 is 10.9 Å². The van der Waals surface area contributed by atoms with Crippen LogP contribution in [0.2, 0.25) is 5.02 Å². The Kier molecular flexibility index (Phi) is 4.56. The molecule has 0 amide bonds. The van der Waals surface area contributed by atoms with E-state index in [1.54, 1.807) is 18.2 Å². The fourth-order valence-electron chi connectivity index (χ4n) is 5.30. The molecule has 0 radical (unpaired) electrons. The van der Waals surface area contributed by atoms with E-state index in [0.717, 1.165) is 0 Å². The molecule has 168 valence electrons. The second kappa shape index (κ2) is 6.89. The molecule has 1 spiro atoms. The first-order chi connectivity index (χ1) is 15.1. The summed E-state index contributed by atoms with van der Waals surface area (Å²) < 4.78 is 43.2. The van der Waals surface area contributed by atoms with Gasteiger partial charge in [-0.05, 0) is 49.1 Å². The fourth-order valence-corrected chi connectivity index (χ4v) is 5.46. The molecular weight excluding hydrogens is 445 g/mol. The Labute approximate surface area is 185 Å². The molecule has 1 saturated carbocycles. The summed E-state index contributed by atoms with van der Waals surface area (Å²) in [5, 5.41) is 25.4. The highest BCUT2D eigenvalue weighted by atomic mass is 35.5. The number of aromatic hydroxyl groups is 1. The molecule has 9 heteroatoms. The van der Waals surface area contributed by atoms with Gasteiger partial charge in [0.05, 0.1) is 16.6 Å². The lowest BCUT2D eigenvalue weighted by Crippen LogP contribution is -2.60. The van der Waals surface area contributed by atoms with Gasteiger partial charge < -0.3 is 20.5 Å². The quantitative estimate of drug-likeness (QED) is 0.422.